The highest BCUT2D eigenvalue weighted by molar-refractivity contribution is 5.79. The van der Waals surface area contributed by atoms with Gasteiger partial charge in [-0.3, -0.25) is 0 Å². The second-order valence-corrected chi connectivity index (χ2v) is 4.50. The summed E-state index contributed by atoms with van der Waals surface area (Å²) < 4.78 is 5.28. The van der Waals surface area contributed by atoms with E-state index in [2.05, 4.69) is 25.6 Å². The number of rotatable bonds is 2. The summed E-state index contributed by atoms with van der Waals surface area (Å²) in [6, 6.07) is 12.1. The Morgan fingerprint density at radius 2 is 1.67 bits per heavy atom. The highest BCUT2D eigenvalue weighted by atomic mass is 16.5. The number of nitrogens with zero attached hydrogens (tertiary/aromatic N) is 4. The first-order valence-electron chi connectivity index (χ1n) is 6.23. The van der Waals surface area contributed by atoms with Crippen LogP contribution >= 0.6 is 0 Å². The van der Waals surface area contributed by atoms with Crippen molar-refractivity contribution in [3.63, 3.8) is 0 Å². The van der Waals surface area contributed by atoms with Crippen molar-refractivity contribution in [1.29, 1.82) is 0 Å². The van der Waals surface area contributed by atoms with Crippen molar-refractivity contribution in [2.24, 2.45) is 0 Å². The van der Waals surface area contributed by atoms with Gasteiger partial charge in [-0.15, -0.1) is 0 Å². The lowest BCUT2D eigenvalue weighted by atomic mass is 10.2. The number of aromatic hydroxyl groups is 1. The van der Waals surface area contributed by atoms with Gasteiger partial charge in [-0.05, 0) is 42.5 Å². The molecule has 2 N–H and O–H groups in total. The summed E-state index contributed by atoms with van der Waals surface area (Å²) >= 11 is 0. The minimum atomic E-state index is 0.193. The zero-order valence-electron chi connectivity index (χ0n) is 10.7. The van der Waals surface area contributed by atoms with E-state index in [0.717, 1.165) is 22.2 Å². The van der Waals surface area contributed by atoms with Gasteiger partial charge in [0.05, 0.1) is 0 Å². The van der Waals surface area contributed by atoms with E-state index in [1.807, 2.05) is 18.2 Å². The Morgan fingerprint density at radius 3 is 2.52 bits per heavy atom. The SMILES string of the molecule is Oc1ccc(-c2noc(-c3ccc4n[nH]nc4c3)n2)cc1. The molecule has 2 heterocycles. The van der Waals surface area contributed by atoms with E-state index in [1.165, 1.54) is 0 Å². The second-order valence-electron chi connectivity index (χ2n) is 4.50. The molecule has 0 fully saturated rings. The number of H-pyrrole nitrogens is 1. The largest absolute Gasteiger partial charge is 0.508 e. The molecule has 4 aromatic rings. The summed E-state index contributed by atoms with van der Waals surface area (Å²) in [6.07, 6.45) is 0. The molecule has 0 aliphatic carbocycles. The normalized spacial score (nSPS) is 11.0. The summed E-state index contributed by atoms with van der Waals surface area (Å²) in [5.41, 5.74) is 3.05. The highest BCUT2D eigenvalue weighted by Crippen LogP contribution is 2.25. The van der Waals surface area contributed by atoms with Gasteiger partial charge in [0.2, 0.25) is 5.82 Å². The first kappa shape index (κ1) is 11.6. The molecule has 0 atom stereocenters. The summed E-state index contributed by atoms with van der Waals surface area (Å²) in [4.78, 5) is 4.35. The molecule has 21 heavy (non-hydrogen) atoms. The Morgan fingerprint density at radius 1 is 0.905 bits per heavy atom. The smallest absolute Gasteiger partial charge is 0.258 e. The van der Waals surface area contributed by atoms with Crippen molar-refractivity contribution >= 4 is 11.0 Å². The van der Waals surface area contributed by atoms with Crippen LogP contribution in [-0.2, 0) is 0 Å². The highest BCUT2D eigenvalue weighted by Gasteiger charge is 2.11. The molecule has 102 valence electrons. The number of hydrogen-bond donors (Lipinski definition) is 2. The van der Waals surface area contributed by atoms with E-state index in [-0.39, 0.29) is 5.75 Å². The number of fused-ring (bicyclic) bond motifs is 1. The molecule has 4 rings (SSSR count). The van der Waals surface area contributed by atoms with Crippen LogP contribution in [-0.4, -0.2) is 30.7 Å². The minimum Gasteiger partial charge on any atom is -0.508 e. The van der Waals surface area contributed by atoms with E-state index in [9.17, 15) is 5.11 Å². The molecule has 0 unspecified atom stereocenters. The van der Waals surface area contributed by atoms with E-state index in [0.29, 0.717) is 11.7 Å². The third-order valence-electron chi connectivity index (χ3n) is 3.11. The average Bonchev–Trinajstić information content (AvgIpc) is 3.16. The molecule has 0 aliphatic heterocycles. The first-order chi connectivity index (χ1) is 10.3. The standard InChI is InChI=1S/C14H9N5O2/c20-10-4-1-8(2-5-10)13-15-14(21-18-13)9-3-6-11-12(7-9)17-19-16-11/h1-7,20H,(H,16,17,19). The van der Waals surface area contributed by atoms with E-state index in [1.54, 1.807) is 24.3 Å². The molecule has 2 aromatic heterocycles. The van der Waals surface area contributed by atoms with Gasteiger partial charge >= 0.3 is 0 Å². The predicted molar refractivity (Wildman–Crippen MR) is 74.3 cm³/mol. The average molecular weight is 279 g/mol. The third kappa shape index (κ3) is 2.00. The van der Waals surface area contributed by atoms with Gasteiger partial charge in [-0.2, -0.15) is 20.4 Å². The van der Waals surface area contributed by atoms with Gasteiger partial charge in [0.15, 0.2) is 0 Å². The van der Waals surface area contributed by atoms with Crippen molar-refractivity contribution in [3.05, 3.63) is 42.5 Å². The zero-order chi connectivity index (χ0) is 14.2. The van der Waals surface area contributed by atoms with E-state index in [4.69, 9.17) is 4.52 Å². The maximum absolute atomic E-state index is 9.29. The molecular formula is C14H9N5O2. The van der Waals surface area contributed by atoms with Gasteiger partial charge in [-0.1, -0.05) is 5.16 Å². The Labute approximate surface area is 118 Å². The second kappa shape index (κ2) is 4.41. The lowest BCUT2D eigenvalue weighted by molar-refractivity contribution is 0.432. The lowest BCUT2D eigenvalue weighted by Crippen LogP contribution is -1.81. The van der Waals surface area contributed by atoms with Gasteiger partial charge in [-0.25, -0.2) is 0 Å². The molecule has 0 spiro atoms. The molecule has 0 amide bonds. The third-order valence-corrected chi connectivity index (χ3v) is 3.11. The van der Waals surface area contributed by atoms with Crippen LogP contribution in [0.3, 0.4) is 0 Å². The number of hydrogen-bond acceptors (Lipinski definition) is 6. The zero-order valence-corrected chi connectivity index (χ0v) is 10.7. The number of benzene rings is 2. The Balaban J connectivity index is 1.74. The molecule has 0 radical (unpaired) electrons. The maximum Gasteiger partial charge on any atom is 0.258 e. The van der Waals surface area contributed by atoms with Crippen molar-refractivity contribution in [1.82, 2.24) is 25.6 Å². The maximum atomic E-state index is 9.29. The molecule has 0 saturated heterocycles. The molecule has 0 aliphatic rings. The topological polar surface area (TPSA) is 101 Å². The number of aromatic amines is 1. The van der Waals surface area contributed by atoms with Crippen molar-refractivity contribution in [3.8, 4) is 28.6 Å². The first-order valence-corrected chi connectivity index (χ1v) is 6.23. The van der Waals surface area contributed by atoms with Crippen LogP contribution in [0.5, 0.6) is 5.75 Å². The van der Waals surface area contributed by atoms with Gasteiger partial charge in [0, 0.05) is 11.1 Å². The van der Waals surface area contributed by atoms with Gasteiger partial charge in [0.25, 0.3) is 5.89 Å². The van der Waals surface area contributed by atoms with Crippen LogP contribution in [0.4, 0.5) is 0 Å². The molecule has 0 saturated carbocycles. The van der Waals surface area contributed by atoms with Crippen LogP contribution in [0.15, 0.2) is 47.0 Å². The fourth-order valence-corrected chi connectivity index (χ4v) is 2.04. The van der Waals surface area contributed by atoms with E-state index >= 15 is 0 Å². The van der Waals surface area contributed by atoms with Crippen molar-refractivity contribution < 1.29 is 9.63 Å². The van der Waals surface area contributed by atoms with Gasteiger partial charge < -0.3 is 9.63 Å². The van der Waals surface area contributed by atoms with Crippen LogP contribution in [0.25, 0.3) is 33.9 Å². The van der Waals surface area contributed by atoms with Crippen LogP contribution in [0, 0.1) is 0 Å². The van der Waals surface area contributed by atoms with E-state index < -0.39 is 0 Å². The quantitative estimate of drug-likeness (QED) is 0.584. The monoisotopic (exact) mass is 279 g/mol. The number of aromatic nitrogens is 5. The summed E-state index contributed by atoms with van der Waals surface area (Å²) in [7, 11) is 0. The molecule has 7 heteroatoms. The lowest BCUT2D eigenvalue weighted by Gasteiger charge is -1.94. The summed E-state index contributed by atoms with van der Waals surface area (Å²) in [5.74, 6) is 1.06. The van der Waals surface area contributed by atoms with Crippen molar-refractivity contribution in [2.75, 3.05) is 0 Å². The number of phenolic OH excluding ortho intramolecular Hbond substituents is 1. The van der Waals surface area contributed by atoms with Crippen LogP contribution in [0.2, 0.25) is 0 Å². The van der Waals surface area contributed by atoms with Crippen LogP contribution in [0.1, 0.15) is 0 Å². The van der Waals surface area contributed by atoms with Gasteiger partial charge in [0.1, 0.15) is 16.8 Å². The Kier molecular flexibility index (Phi) is 2.43. The van der Waals surface area contributed by atoms with Crippen molar-refractivity contribution in [2.45, 2.75) is 0 Å². The molecule has 7 nitrogen and oxygen atoms in total. The van der Waals surface area contributed by atoms with Crippen LogP contribution < -0.4 is 0 Å². The Bertz CT molecular complexity index is 910. The fourth-order valence-electron chi connectivity index (χ4n) is 2.04. The molecule has 0 bridgehead atoms. The molecular weight excluding hydrogens is 270 g/mol. The number of nitrogens with one attached hydrogen (secondary N) is 1. The number of phenols is 1. The minimum absolute atomic E-state index is 0.193. The summed E-state index contributed by atoms with van der Waals surface area (Å²) in [5, 5.41) is 23.8. The Hall–Kier alpha value is -3.22. The predicted octanol–water partition coefficient (Wildman–Crippen LogP) is 2.38. The fraction of sp³-hybridized carbons (Fsp3) is 0. The molecule has 2 aromatic carbocycles. The summed E-state index contributed by atoms with van der Waals surface area (Å²) in [6.45, 7) is 0.